The second-order valence-electron chi connectivity index (χ2n) is 4.11. The molecule has 0 aliphatic heterocycles. The van der Waals surface area contributed by atoms with Crippen molar-refractivity contribution in [3.8, 4) is 0 Å². The fourth-order valence-corrected chi connectivity index (χ4v) is 2.21. The van der Waals surface area contributed by atoms with Gasteiger partial charge >= 0.3 is 0 Å². The maximum absolute atomic E-state index is 5.58. The zero-order valence-electron chi connectivity index (χ0n) is 9.66. The molecule has 0 aromatic heterocycles. The molecule has 0 atom stereocenters. The average Bonchev–Trinajstić information content (AvgIpc) is 2.31. The molecular weight excluding hydrogens is 264 g/mol. The molecule has 0 spiro atoms. The predicted octanol–water partition coefficient (Wildman–Crippen LogP) is 3.01. The van der Waals surface area contributed by atoms with E-state index in [1.165, 1.54) is 5.56 Å². The van der Waals surface area contributed by atoms with Gasteiger partial charge in [0.2, 0.25) is 0 Å². The lowest BCUT2D eigenvalue weighted by Crippen LogP contribution is -2.07. The lowest BCUT2D eigenvalue weighted by atomic mass is 9.90. The van der Waals surface area contributed by atoms with Crippen LogP contribution in [0.1, 0.15) is 37.2 Å². The van der Waals surface area contributed by atoms with Gasteiger partial charge in [0.1, 0.15) is 0 Å². The summed E-state index contributed by atoms with van der Waals surface area (Å²) >= 11 is 3.46. The molecule has 2 nitrogen and oxygen atoms in total. The van der Waals surface area contributed by atoms with Crippen LogP contribution in [0.15, 0.2) is 28.7 Å². The van der Waals surface area contributed by atoms with E-state index < -0.39 is 0 Å². The van der Waals surface area contributed by atoms with E-state index in [-0.39, 0.29) is 0 Å². The number of hydrogen-bond donors (Lipinski definition) is 2. The van der Waals surface area contributed by atoms with Crippen molar-refractivity contribution < 1.29 is 0 Å². The summed E-state index contributed by atoms with van der Waals surface area (Å²) in [6, 6.07) is 8.60. The topological polar surface area (TPSA) is 52.0 Å². The third kappa shape index (κ3) is 4.64. The third-order valence-corrected chi connectivity index (χ3v) is 3.38. The van der Waals surface area contributed by atoms with Crippen LogP contribution in [-0.2, 0) is 0 Å². The molecule has 1 rings (SSSR count). The van der Waals surface area contributed by atoms with Gasteiger partial charge in [0, 0.05) is 4.47 Å². The van der Waals surface area contributed by atoms with Gasteiger partial charge in [-0.15, -0.1) is 0 Å². The molecule has 0 unspecified atom stereocenters. The lowest BCUT2D eigenvalue weighted by Gasteiger charge is -2.16. The quantitative estimate of drug-likeness (QED) is 0.809. The highest BCUT2D eigenvalue weighted by Gasteiger charge is 2.10. The zero-order chi connectivity index (χ0) is 11.8. The van der Waals surface area contributed by atoms with Crippen LogP contribution in [0.4, 0.5) is 0 Å². The highest BCUT2D eigenvalue weighted by molar-refractivity contribution is 9.10. The van der Waals surface area contributed by atoms with Crippen molar-refractivity contribution >= 4 is 15.9 Å². The summed E-state index contributed by atoms with van der Waals surface area (Å²) in [6.07, 6.45) is 4.51. The fraction of sp³-hybridized carbons (Fsp3) is 0.538. The zero-order valence-corrected chi connectivity index (χ0v) is 11.2. The van der Waals surface area contributed by atoms with E-state index in [2.05, 4.69) is 40.2 Å². The molecule has 0 amide bonds. The molecule has 0 aliphatic carbocycles. The van der Waals surface area contributed by atoms with E-state index in [9.17, 15) is 0 Å². The molecule has 0 saturated heterocycles. The first-order valence-corrected chi connectivity index (χ1v) is 6.73. The number of hydrogen-bond acceptors (Lipinski definition) is 2. The second-order valence-corrected chi connectivity index (χ2v) is 5.03. The van der Waals surface area contributed by atoms with Gasteiger partial charge in [0.25, 0.3) is 0 Å². The Kier molecular flexibility index (Phi) is 6.69. The van der Waals surface area contributed by atoms with E-state index in [0.717, 1.165) is 43.2 Å². The van der Waals surface area contributed by atoms with Gasteiger partial charge in [-0.2, -0.15) is 0 Å². The van der Waals surface area contributed by atoms with E-state index in [0.29, 0.717) is 5.92 Å². The Balaban J connectivity index is 2.62. The molecule has 0 aliphatic rings. The Labute approximate surface area is 107 Å². The van der Waals surface area contributed by atoms with Crippen molar-refractivity contribution in [2.24, 2.45) is 11.5 Å². The SMILES string of the molecule is NCCCC(CCCN)c1ccc(Br)cc1. The maximum atomic E-state index is 5.58. The van der Waals surface area contributed by atoms with Crippen LogP contribution in [0, 0.1) is 0 Å². The number of halogens is 1. The molecule has 16 heavy (non-hydrogen) atoms. The van der Waals surface area contributed by atoms with Crippen LogP contribution >= 0.6 is 15.9 Å². The smallest absolute Gasteiger partial charge is 0.0175 e. The Morgan fingerprint density at radius 2 is 1.44 bits per heavy atom. The Morgan fingerprint density at radius 1 is 0.938 bits per heavy atom. The van der Waals surface area contributed by atoms with Gasteiger partial charge in [-0.3, -0.25) is 0 Å². The minimum absolute atomic E-state index is 0.611. The van der Waals surface area contributed by atoms with E-state index in [1.807, 2.05) is 0 Å². The van der Waals surface area contributed by atoms with Crippen LogP contribution < -0.4 is 11.5 Å². The van der Waals surface area contributed by atoms with Crippen molar-refractivity contribution in [1.82, 2.24) is 0 Å². The van der Waals surface area contributed by atoms with E-state index >= 15 is 0 Å². The summed E-state index contributed by atoms with van der Waals surface area (Å²) in [4.78, 5) is 0. The molecule has 4 N–H and O–H groups in total. The lowest BCUT2D eigenvalue weighted by molar-refractivity contribution is 0.540. The first-order valence-electron chi connectivity index (χ1n) is 5.93. The first kappa shape index (κ1) is 13.7. The molecular formula is C13H21BrN2. The molecule has 1 aromatic rings. The molecule has 3 heteroatoms. The van der Waals surface area contributed by atoms with Crippen LogP contribution in [-0.4, -0.2) is 13.1 Å². The molecule has 0 bridgehead atoms. The predicted molar refractivity (Wildman–Crippen MR) is 73.5 cm³/mol. The van der Waals surface area contributed by atoms with Gasteiger partial charge in [0.05, 0.1) is 0 Å². The molecule has 0 heterocycles. The van der Waals surface area contributed by atoms with Crippen LogP contribution in [0.25, 0.3) is 0 Å². The van der Waals surface area contributed by atoms with Crippen molar-refractivity contribution in [1.29, 1.82) is 0 Å². The van der Waals surface area contributed by atoms with Crippen LogP contribution in [0.5, 0.6) is 0 Å². The van der Waals surface area contributed by atoms with Crippen molar-refractivity contribution in [2.45, 2.75) is 31.6 Å². The number of rotatable bonds is 7. The second kappa shape index (κ2) is 7.82. The van der Waals surface area contributed by atoms with Crippen LogP contribution in [0.2, 0.25) is 0 Å². The van der Waals surface area contributed by atoms with E-state index in [4.69, 9.17) is 11.5 Å². The minimum Gasteiger partial charge on any atom is -0.330 e. The van der Waals surface area contributed by atoms with E-state index in [1.54, 1.807) is 0 Å². The summed E-state index contributed by atoms with van der Waals surface area (Å²) in [5.41, 5.74) is 12.6. The Bertz CT molecular complexity index is 276. The largest absolute Gasteiger partial charge is 0.330 e. The number of nitrogens with two attached hydrogens (primary N) is 2. The maximum Gasteiger partial charge on any atom is 0.0175 e. The van der Waals surface area contributed by atoms with Gasteiger partial charge in [-0.1, -0.05) is 28.1 Å². The first-order chi connectivity index (χ1) is 7.77. The monoisotopic (exact) mass is 284 g/mol. The minimum atomic E-state index is 0.611. The average molecular weight is 285 g/mol. The van der Waals surface area contributed by atoms with Gasteiger partial charge in [-0.05, 0) is 62.4 Å². The van der Waals surface area contributed by atoms with Crippen LogP contribution in [0.3, 0.4) is 0 Å². The van der Waals surface area contributed by atoms with Gasteiger partial charge < -0.3 is 11.5 Å². The highest BCUT2D eigenvalue weighted by atomic mass is 79.9. The molecule has 90 valence electrons. The highest BCUT2D eigenvalue weighted by Crippen LogP contribution is 2.27. The third-order valence-electron chi connectivity index (χ3n) is 2.85. The van der Waals surface area contributed by atoms with Crippen molar-refractivity contribution in [2.75, 3.05) is 13.1 Å². The normalized spacial score (nSPS) is 11.0. The Morgan fingerprint density at radius 3 is 1.88 bits per heavy atom. The Hall–Kier alpha value is -0.380. The molecule has 1 aromatic carbocycles. The summed E-state index contributed by atoms with van der Waals surface area (Å²) < 4.78 is 1.13. The summed E-state index contributed by atoms with van der Waals surface area (Å²) in [5.74, 6) is 0.611. The number of benzene rings is 1. The van der Waals surface area contributed by atoms with Gasteiger partial charge in [0.15, 0.2) is 0 Å². The van der Waals surface area contributed by atoms with Crippen molar-refractivity contribution in [3.05, 3.63) is 34.3 Å². The standard InChI is InChI=1S/C13H21BrN2/c14-13-7-5-12(6-8-13)11(3-1-9-15)4-2-10-16/h5-8,11H,1-4,9-10,15-16H2. The summed E-state index contributed by atoms with van der Waals surface area (Å²) in [7, 11) is 0. The molecule has 0 saturated carbocycles. The van der Waals surface area contributed by atoms with Gasteiger partial charge in [-0.25, -0.2) is 0 Å². The summed E-state index contributed by atoms with van der Waals surface area (Å²) in [6.45, 7) is 1.55. The molecule has 0 fully saturated rings. The summed E-state index contributed by atoms with van der Waals surface area (Å²) in [5, 5.41) is 0. The molecule has 0 radical (unpaired) electrons. The fourth-order valence-electron chi connectivity index (χ4n) is 1.94. The van der Waals surface area contributed by atoms with Crippen molar-refractivity contribution in [3.63, 3.8) is 0 Å².